The maximum Gasteiger partial charge on any atom is 0.145 e. The van der Waals surface area contributed by atoms with Gasteiger partial charge in [-0.15, -0.1) is 0 Å². The zero-order valence-corrected chi connectivity index (χ0v) is 8.98. The Morgan fingerprint density at radius 2 is 2.12 bits per heavy atom. The van der Waals surface area contributed by atoms with Crippen molar-refractivity contribution in [3.05, 3.63) is 30.5 Å². The normalized spacial score (nSPS) is 20.1. The Morgan fingerprint density at radius 3 is 2.94 bits per heavy atom. The summed E-state index contributed by atoms with van der Waals surface area (Å²) in [5, 5.41) is 6.72. The monoisotopic (exact) mass is 214 g/mol. The quantitative estimate of drug-likeness (QED) is 0.793. The minimum absolute atomic E-state index is 0.482. The van der Waals surface area contributed by atoms with Crippen LogP contribution in [0.5, 0.6) is 0 Å². The number of fused-ring (bicyclic) bond motifs is 1. The molecule has 0 saturated carbocycles. The average Bonchev–Trinajstić information content (AvgIpc) is 2.82. The highest BCUT2D eigenvalue weighted by Crippen LogP contribution is 2.13. The van der Waals surface area contributed by atoms with Crippen molar-refractivity contribution in [2.45, 2.75) is 12.5 Å². The van der Waals surface area contributed by atoms with Crippen LogP contribution >= 0.6 is 0 Å². The number of rotatable bonds is 2. The van der Waals surface area contributed by atoms with Crippen molar-refractivity contribution in [1.29, 1.82) is 0 Å². The van der Waals surface area contributed by atoms with Crippen LogP contribution in [-0.4, -0.2) is 29.1 Å². The lowest BCUT2D eigenvalue weighted by Crippen LogP contribution is -2.22. The molecule has 1 unspecified atom stereocenters. The number of para-hydroxylation sites is 2. The fourth-order valence-electron chi connectivity index (χ4n) is 2.01. The predicted molar refractivity (Wildman–Crippen MR) is 64.4 cm³/mol. The van der Waals surface area contributed by atoms with Gasteiger partial charge in [0.15, 0.2) is 0 Å². The summed E-state index contributed by atoms with van der Waals surface area (Å²) in [7, 11) is 0. The standard InChI is InChI=1S/C12H14N4/c1-2-4-11-10(3-1)14-8-12(16-11)15-9-5-6-13-7-9/h1-4,8-9,13H,5-7H2,(H,15,16). The Kier molecular flexibility index (Phi) is 2.42. The van der Waals surface area contributed by atoms with Crippen molar-refractivity contribution in [2.24, 2.45) is 0 Å². The third kappa shape index (κ3) is 1.84. The molecule has 1 fully saturated rings. The average molecular weight is 214 g/mol. The summed E-state index contributed by atoms with van der Waals surface area (Å²) >= 11 is 0. The second-order valence-electron chi connectivity index (χ2n) is 4.08. The Labute approximate surface area is 94.1 Å². The molecule has 1 atom stereocenters. The summed E-state index contributed by atoms with van der Waals surface area (Å²) in [5.41, 5.74) is 1.89. The third-order valence-corrected chi connectivity index (χ3v) is 2.86. The molecule has 1 saturated heterocycles. The van der Waals surface area contributed by atoms with Crippen molar-refractivity contribution >= 4 is 16.9 Å². The van der Waals surface area contributed by atoms with Crippen LogP contribution in [0.2, 0.25) is 0 Å². The molecular weight excluding hydrogens is 200 g/mol. The van der Waals surface area contributed by atoms with E-state index in [0.29, 0.717) is 6.04 Å². The highest BCUT2D eigenvalue weighted by molar-refractivity contribution is 5.75. The molecule has 0 bridgehead atoms. The van der Waals surface area contributed by atoms with Gasteiger partial charge in [-0.3, -0.25) is 4.98 Å². The lowest BCUT2D eigenvalue weighted by atomic mass is 10.2. The van der Waals surface area contributed by atoms with Gasteiger partial charge in [0.1, 0.15) is 5.82 Å². The number of hydrogen-bond donors (Lipinski definition) is 2. The molecule has 4 nitrogen and oxygen atoms in total. The van der Waals surface area contributed by atoms with Gasteiger partial charge in [-0.25, -0.2) is 4.98 Å². The molecule has 1 aromatic carbocycles. The smallest absolute Gasteiger partial charge is 0.145 e. The molecule has 4 heteroatoms. The fourth-order valence-corrected chi connectivity index (χ4v) is 2.01. The van der Waals surface area contributed by atoms with Gasteiger partial charge in [0.25, 0.3) is 0 Å². The topological polar surface area (TPSA) is 49.8 Å². The number of aromatic nitrogens is 2. The van der Waals surface area contributed by atoms with Crippen molar-refractivity contribution < 1.29 is 0 Å². The number of nitrogens with one attached hydrogen (secondary N) is 2. The molecular formula is C12H14N4. The van der Waals surface area contributed by atoms with E-state index >= 15 is 0 Å². The molecule has 1 aliphatic rings. The number of benzene rings is 1. The molecule has 3 rings (SSSR count). The molecule has 2 aromatic rings. The third-order valence-electron chi connectivity index (χ3n) is 2.86. The second kappa shape index (κ2) is 4.06. The van der Waals surface area contributed by atoms with Crippen molar-refractivity contribution in [3.8, 4) is 0 Å². The number of anilines is 1. The Morgan fingerprint density at radius 1 is 1.25 bits per heavy atom. The summed E-state index contributed by atoms with van der Waals surface area (Å²) in [4.78, 5) is 8.92. The molecule has 1 aliphatic heterocycles. The van der Waals surface area contributed by atoms with Crippen LogP contribution in [0.25, 0.3) is 11.0 Å². The van der Waals surface area contributed by atoms with E-state index in [4.69, 9.17) is 0 Å². The summed E-state index contributed by atoms with van der Waals surface area (Å²) in [6, 6.07) is 8.41. The fraction of sp³-hybridized carbons (Fsp3) is 0.333. The minimum atomic E-state index is 0.482. The van der Waals surface area contributed by atoms with Gasteiger partial charge in [0.2, 0.25) is 0 Å². The Bertz CT molecular complexity index is 491. The molecule has 2 heterocycles. The van der Waals surface area contributed by atoms with Crippen LogP contribution in [-0.2, 0) is 0 Å². The molecule has 0 spiro atoms. The van der Waals surface area contributed by atoms with Crippen LogP contribution in [0.15, 0.2) is 30.5 Å². The highest BCUT2D eigenvalue weighted by atomic mass is 15.1. The van der Waals surface area contributed by atoms with Crippen LogP contribution in [0.1, 0.15) is 6.42 Å². The predicted octanol–water partition coefficient (Wildman–Crippen LogP) is 1.40. The first-order valence-electron chi connectivity index (χ1n) is 5.61. The lowest BCUT2D eigenvalue weighted by Gasteiger charge is -2.11. The van der Waals surface area contributed by atoms with Gasteiger partial charge in [0, 0.05) is 12.6 Å². The van der Waals surface area contributed by atoms with Crippen LogP contribution in [0.4, 0.5) is 5.82 Å². The van der Waals surface area contributed by atoms with Gasteiger partial charge in [-0.05, 0) is 25.1 Å². The van der Waals surface area contributed by atoms with Crippen LogP contribution in [0.3, 0.4) is 0 Å². The number of nitrogens with zero attached hydrogens (tertiary/aromatic N) is 2. The molecule has 2 N–H and O–H groups in total. The largest absolute Gasteiger partial charge is 0.365 e. The van der Waals surface area contributed by atoms with Gasteiger partial charge in [-0.1, -0.05) is 12.1 Å². The van der Waals surface area contributed by atoms with Gasteiger partial charge >= 0.3 is 0 Å². The molecule has 82 valence electrons. The van der Waals surface area contributed by atoms with Crippen LogP contribution in [0, 0.1) is 0 Å². The minimum Gasteiger partial charge on any atom is -0.365 e. The van der Waals surface area contributed by atoms with Gasteiger partial charge < -0.3 is 10.6 Å². The second-order valence-corrected chi connectivity index (χ2v) is 4.08. The van der Waals surface area contributed by atoms with Gasteiger partial charge in [-0.2, -0.15) is 0 Å². The maximum atomic E-state index is 4.54. The van der Waals surface area contributed by atoms with E-state index in [1.807, 2.05) is 24.3 Å². The van der Waals surface area contributed by atoms with Crippen molar-refractivity contribution in [3.63, 3.8) is 0 Å². The zero-order valence-electron chi connectivity index (χ0n) is 8.98. The number of hydrogen-bond acceptors (Lipinski definition) is 4. The summed E-state index contributed by atoms with van der Waals surface area (Å²) in [6.07, 6.45) is 2.95. The van der Waals surface area contributed by atoms with Crippen molar-refractivity contribution in [1.82, 2.24) is 15.3 Å². The molecule has 0 radical (unpaired) electrons. The van der Waals surface area contributed by atoms with E-state index in [1.165, 1.54) is 0 Å². The first-order valence-corrected chi connectivity index (χ1v) is 5.61. The Hall–Kier alpha value is -1.68. The van der Waals surface area contributed by atoms with Crippen LogP contribution < -0.4 is 10.6 Å². The zero-order chi connectivity index (χ0) is 10.8. The van der Waals surface area contributed by atoms with E-state index in [1.54, 1.807) is 6.20 Å². The lowest BCUT2D eigenvalue weighted by molar-refractivity contribution is 0.788. The van der Waals surface area contributed by atoms with E-state index in [9.17, 15) is 0 Å². The van der Waals surface area contributed by atoms with E-state index < -0.39 is 0 Å². The first kappa shape index (κ1) is 9.54. The van der Waals surface area contributed by atoms with E-state index in [-0.39, 0.29) is 0 Å². The Balaban J connectivity index is 1.86. The summed E-state index contributed by atoms with van der Waals surface area (Å²) in [6.45, 7) is 2.09. The maximum absolute atomic E-state index is 4.54. The van der Waals surface area contributed by atoms with Gasteiger partial charge in [0.05, 0.1) is 17.2 Å². The molecule has 16 heavy (non-hydrogen) atoms. The van der Waals surface area contributed by atoms with E-state index in [0.717, 1.165) is 36.4 Å². The molecule has 0 amide bonds. The molecule has 1 aromatic heterocycles. The summed E-state index contributed by atoms with van der Waals surface area (Å²) < 4.78 is 0. The van der Waals surface area contributed by atoms with Crippen molar-refractivity contribution in [2.75, 3.05) is 18.4 Å². The first-order chi connectivity index (χ1) is 7.92. The highest BCUT2D eigenvalue weighted by Gasteiger charge is 2.14. The van der Waals surface area contributed by atoms with E-state index in [2.05, 4.69) is 20.6 Å². The molecule has 0 aliphatic carbocycles. The SMILES string of the molecule is c1ccc2nc(NC3CCNC3)cnc2c1. The summed E-state index contributed by atoms with van der Waals surface area (Å²) in [5.74, 6) is 0.868.